The minimum absolute atomic E-state index is 0.0461. The summed E-state index contributed by atoms with van der Waals surface area (Å²) in [6.45, 7) is 5.12. The maximum atomic E-state index is 11.6. The van der Waals surface area contributed by atoms with Crippen LogP contribution >= 0.6 is 0 Å². The number of carbonyl (C=O) groups is 2. The van der Waals surface area contributed by atoms with Crippen molar-refractivity contribution in [1.82, 2.24) is 0 Å². The Morgan fingerprint density at radius 3 is 1.46 bits per heavy atom. The van der Waals surface area contributed by atoms with Crippen molar-refractivity contribution in [3.63, 3.8) is 0 Å². The molecule has 0 aliphatic carbocycles. The molecule has 0 aromatic rings. The van der Waals surface area contributed by atoms with Crippen LogP contribution in [0.4, 0.5) is 0 Å². The lowest BCUT2D eigenvalue weighted by Crippen LogP contribution is -2.05. The van der Waals surface area contributed by atoms with Crippen LogP contribution in [-0.4, -0.2) is 25.2 Å². The van der Waals surface area contributed by atoms with Gasteiger partial charge in [0.2, 0.25) is 0 Å². The van der Waals surface area contributed by atoms with E-state index >= 15 is 0 Å². The second-order valence-corrected chi connectivity index (χ2v) is 7.12. The average molecular weight is 371 g/mol. The van der Waals surface area contributed by atoms with Gasteiger partial charge in [0.25, 0.3) is 0 Å². The maximum Gasteiger partial charge on any atom is 0.305 e. The molecule has 0 saturated heterocycles. The van der Waals surface area contributed by atoms with E-state index < -0.39 is 0 Å². The molecule has 0 bridgehead atoms. The van der Waals surface area contributed by atoms with E-state index in [0.717, 1.165) is 44.9 Å². The molecule has 0 aromatic heterocycles. The number of esters is 2. The molecule has 0 aromatic carbocycles. The summed E-state index contributed by atoms with van der Waals surface area (Å²) in [7, 11) is 0. The molecule has 4 heteroatoms. The summed E-state index contributed by atoms with van der Waals surface area (Å²) in [6, 6.07) is 0. The van der Waals surface area contributed by atoms with E-state index in [4.69, 9.17) is 9.47 Å². The van der Waals surface area contributed by atoms with Gasteiger partial charge in [-0.15, -0.1) is 0 Å². The number of rotatable bonds is 19. The molecule has 0 radical (unpaired) electrons. The van der Waals surface area contributed by atoms with Crippen molar-refractivity contribution in [2.45, 2.75) is 117 Å². The molecule has 0 aliphatic rings. The van der Waals surface area contributed by atoms with Crippen molar-refractivity contribution in [1.29, 1.82) is 0 Å². The van der Waals surface area contributed by atoms with Crippen LogP contribution in [0, 0.1) is 0 Å². The third-order valence-corrected chi connectivity index (χ3v) is 4.58. The Kier molecular flexibility index (Phi) is 19.4. The quantitative estimate of drug-likeness (QED) is 0.196. The van der Waals surface area contributed by atoms with Crippen LogP contribution in [0.3, 0.4) is 0 Å². The molecular weight excluding hydrogens is 328 g/mol. The molecule has 0 saturated carbocycles. The molecule has 0 aliphatic heterocycles. The third-order valence-electron chi connectivity index (χ3n) is 4.58. The summed E-state index contributed by atoms with van der Waals surface area (Å²) in [5.41, 5.74) is 0. The number of carbonyl (C=O) groups excluding carboxylic acids is 2. The van der Waals surface area contributed by atoms with E-state index in [0.29, 0.717) is 26.1 Å². The van der Waals surface area contributed by atoms with Crippen molar-refractivity contribution < 1.29 is 19.1 Å². The standard InChI is InChI=1S/C22H42O4/c1-3-5-6-7-8-11-14-17-20-26-22(24)19-16-13-10-9-12-15-18-21(23)25-4-2/h3-20H2,1-2H3. The first-order chi connectivity index (χ1) is 12.7. The van der Waals surface area contributed by atoms with Gasteiger partial charge in [-0.3, -0.25) is 9.59 Å². The van der Waals surface area contributed by atoms with Crippen molar-refractivity contribution in [2.24, 2.45) is 0 Å². The maximum absolute atomic E-state index is 11.6. The Morgan fingerprint density at radius 1 is 0.538 bits per heavy atom. The molecule has 0 amide bonds. The van der Waals surface area contributed by atoms with Gasteiger partial charge in [0.1, 0.15) is 0 Å². The van der Waals surface area contributed by atoms with Crippen molar-refractivity contribution in [2.75, 3.05) is 13.2 Å². The Labute approximate surface area is 161 Å². The highest BCUT2D eigenvalue weighted by Gasteiger charge is 2.03. The normalized spacial score (nSPS) is 10.7. The van der Waals surface area contributed by atoms with E-state index in [1.54, 1.807) is 0 Å². The highest BCUT2D eigenvalue weighted by molar-refractivity contribution is 5.69. The van der Waals surface area contributed by atoms with E-state index in [9.17, 15) is 9.59 Å². The van der Waals surface area contributed by atoms with E-state index in [-0.39, 0.29) is 11.9 Å². The molecule has 0 heterocycles. The number of unbranched alkanes of at least 4 members (excludes halogenated alkanes) is 12. The lowest BCUT2D eigenvalue weighted by atomic mass is 10.1. The smallest absolute Gasteiger partial charge is 0.305 e. The van der Waals surface area contributed by atoms with Gasteiger partial charge in [0, 0.05) is 12.8 Å². The van der Waals surface area contributed by atoms with Crippen LogP contribution in [0.1, 0.15) is 117 Å². The van der Waals surface area contributed by atoms with E-state index in [2.05, 4.69) is 6.92 Å². The molecule has 0 fully saturated rings. The van der Waals surface area contributed by atoms with Crippen LogP contribution in [0.25, 0.3) is 0 Å². The minimum atomic E-state index is -0.0910. The molecule has 0 N–H and O–H groups in total. The molecule has 26 heavy (non-hydrogen) atoms. The van der Waals surface area contributed by atoms with E-state index in [1.165, 1.54) is 44.9 Å². The van der Waals surface area contributed by atoms with Gasteiger partial charge < -0.3 is 9.47 Å². The predicted molar refractivity (Wildman–Crippen MR) is 107 cm³/mol. The van der Waals surface area contributed by atoms with E-state index in [1.807, 2.05) is 6.92 Å². The zero-order valence-corrected chi connectivity index (χ0v) is 17.4. The minimum Gasteiger partial charge on any atom is -0.466 e. The fraction of sp³-hybridized carbons (Fsp3) is 0.909. The molecule has 0 atom stereocenters. The predicted octanol–water partition coefficient (Wildman–Crippen LogP) is 6.35. The Balaban J connectivity index is 3.21. The summed E-state index contributed by atoms with van der Waals surface area (Å²) in [4.78, 5) is 22.8. The Morgan fingerprint density at radius 2 is 0.962 bits per heavy atom. The van der Waals surface area contributed by atoms with Gasteiger partial charge in [0.15, 0.2) is 0 Å². The van der Waals surface area contributed by atoms with Crippen molar-refractivity contribution in [3.8, 4) is 0 Å². The van der Waals surface area contributed by atoms with Gasteiger partial charge in [-0.05, 0) is 26.2 Å². The van der Waals surface area contributed by atoms with Gasteiger partial charge in [-0.25, -0.2) is 0 Å². The Hall–Kier alpha value is -1.06. The molecule has 4 nitrogen and oxygen atoms in total. The second-order valence-electron chi connectivity index (χ2n) is 7.12. The highest BCUT2D eigenvalue weighted by atomic mass is 16.5. The second kappa shape index (κ2) is 20.3. The topological polar surface area (TPSA) is 52.6 Å². The monoisotopic (exact) mass is 370 g/mol. The molecular formula is C22H42O4. The molecule has 0 unspecified atom stereocenters. The van der Waals surface area contributed by atoms with Crippen LogP contribution < -0.4 is 0 Å². The van der Waals surface area contributed by atoms with Gasteiger partial charge in [0.05, 0.1) is 13.2 Å². The lowest BCUT2D eigenvalue weighted by Gasteiger charge is -2.05. The molecule has 0 spiro atoms. The first-order valence-electron chi connectivity index (χ1n) is 11.0. The summed E-state index contributed by atoms with van der Waals surface area (Å²) in [5.74, 6) is -0.137. The fourth-order valence-corrected chi connectivity index (χ4v) is 2.97. The average Bonchev–Trinajstić information content (AvgIpc) is 2.62. The number of hydrogen-bond acceptors (Lipinski definition) is 4. The Bertz CT molecular complexity index is 328. The largest absolute Gasteiger partial charge is 0.466 e. The highest BCUT2D eigenvalue weighted by Crippen LogP contribution is 2.11. The summed E-state index contributed by atoms with van der Waals surface area (Å²) in [6.07, 6.45) is 17.3. The fourth-order valence-electron chi connectivity index (χ4n) is 2.97. The molecule has 154 valence electrons. The first kappa shape index (κ1) is 24.9. The van der Waals surface area contributed by atoms with Crippen molar-refractivity contribution in [3.05, 3.63) is 0 Å². The van der Waals surface area contributed by atoms with Crippen LogP contribution in [0.5, 0.6) is 0 Å². The van der Waals surface area contributed by atoms with Crippen molar-refractivity contribution >= 4 is 11.9 Å². The van der Waals surface area contributed by atoms with Crippen LogP contribution in [0.15, 0.2) is 0 Å². The van der Waals surface area contributed by atoms with Gasteiger partial charge in [-0.1, -0.05) is 77.6 Å². The van der Waals surface area contributed by atoms with Crippen LogP contribution in [-0.2, 0) is 19.1 Å². The summed E-state index contributed by atoms with van der Waals surface area (Å²) >= 11 is 0. The first-order valence-corrected chi connectivity index (χ1v) is 11.0. The van der Waals surface area contributed by atoms with Gasteiger partial charge >= 0.3 is 11.9 Å². The van der Waals surface area contributed by atoms with Crippen LogP contribution in [0.2, 0.25) is 0 Å². The molecule has 0 rings (SSSR count). The third kappa shape index (κ3) is 19.3. The lowest BCUT2D eigenvalue weighted by molar-refractivity contribution is -0.144. The number of hydrogen-bond donors (Lipinski definition) is 0. The zero-order chi connectivity index (χ0) is 19.3. The summed E-state index contributed by atoms with van der Waals surface area (Å²) < 4.78 is 10.2. The van der Waals surface area contributed by atoms with Gasteiger partial charge in [-0.2, -0.15) is 0 Å². The number of ether oxygens (including phenoxy) is 2. The zero-order valence-electron chi connectivity index (χ0n) is 17.4. The SMILES string of the molecule is CCCCCCCCCCOC(=O)CCCCCCCCC(=O)OCC. The summed E-state index contributed by atoms with van der Waals surface area (Å²) in [5, 5.41) is 0.